The van der Waals surface area contributed by atoms with E-state index in [9.17, 15) is 4.79 Å². The number of benzene rings is 2. The Kier molecular flexibility index (Phi) is 6.26. The predicted octanol–water partition coefficient (Wildman–Crippen LogP) is 5.87. The Labute approximate surface area is 180 Å². The van der Waals surface area contributed by atoms with Crippen LogP contribution in [-0.4, -0.2) is 16.5 Å². The smallest absolute Gasteiger partial charge is 0.220 e. The van der Waals surface area contributed by atoms with Crippen LogP contribution in [0.1, 0.15) is 56.2 Å². The van der Waals surface area contributed by atoms with Crippen molar-refractivity contribution in [1.82, 2.24) is 9.88 Å². The molecule has 30 heavy (non-hydrogen) atoms. The molecule has 3 heteroatoms. The summed E-state index contributed by atoms with van der Waals surface area (Å²) in [5.41, 5.74) is 5.08. The number of fused-ring (bicyclic) bond motifs is 1. The van der Waals surface area contributed by atoms with E-state index in [0.717, 1.165) is 19.4 Å². The van der Waals surface area contributed by atoms with Crippen LogP contribution in [0.25, 0.3) is 10.9 Å². The number of hydrogen-bond donors (Lipinski definition) is 1. The van der Waals surface area contributed by atoms with Crippen LogP contribution in [0.2, 0.25) is 0 Å². The van der Waals surface area contributed by atoms with E-state index in [4.69, 9.17) is 0 Å². The molecule has 0 spiro atoms. The Morgan fingerprint density at radius 3 is 2.63 bits per heavy atom. The lowest BCUT2D eigenvalue weighted by Crippen LogP contribution is -2.43. The van der Waals surface area contributed by atoms with Crippen LogP contribution in [0.5, 0.6) is 0 Å². The van der Waals surface area contributed by atoms with Crippen LogP contribution < -0.4 is 5.32 Å². The maximum atomic E-state index is 12.7. The second kappa shape index (κ2) is 9.07. The van der Waals surface area contributed by atoms with Crippen molar-refractivity contribution < 1.29 is 4.79 Å². The van der Waals surface area contributed by atoms with Crippen molar-refractivity contribution in [2.24, 2.45) is 11.8 Å². The third-order valence-corrected chi connectivity index (χ3v) is 7.02. The quantitative estimate of drug-likeness (QED) is 0.549. The largest absolute Gasteiger partial charge is 0.353 e. The van der Waals surface area contributed by atoms with Gasteiger partial charge in [-0.2, -0.15) is 0 Å². The molecule has 1 aromatic heterocycles. The Morgan fingerprint density at radius 1 is 1.07 bits per heavy atom. The highest BCUT2D eigenvalue weighted by molar-refractivity contribution is 5.85. The zero-order chi connectivity index (χ0) is 21.1. The molecule has 4 rings (SSSR count). The van der Waals surface area contributed by atoms with E-state index in [2.05, 4.69) is 85.4 Å². The molecule has 1 aliphatic carbocycles. The third kappa shape index (κ3) is 4.61. The van der Waals surface area contributed by atoms with Crippen molar-refractivity contribution in [3.05, 3.63) is 71.4 Å². The zero-order valence-corrected chi connectivity index (χ0v) is 18.5. The van der Waals surface area contributed by atoms with Crippen molar-refractivity contribution in [2.75, 3.05) is 0 Å². The van der Waals surface area contributed by atoms with Crippen LogP contribution in [-0.2, 0) is 17.8 Å². The van der Waals surface area contributed by atoms with Gasteiger partial charge in [-0.3, -0.25) is 4.79 Å². The van der Waals surface area contributed by atoms with Crippen molar-refractivity contribution in [3.8, 4) is 0 Å². The fourth-order valence-corrected chi connectivity index (χ4v) is 4.86. The number of nitrogens with one attached hydrogen (secondary N) is 1. The summed E-state index contributed by atoms with van der Waals surface area (Å²) >= 11 is 0. The molecule has 3 nitrogen and oxygen atoms in total. The first-order chi connectivity index (χ1) is 14.5. The Bertz CT molecular complexity index is 1000. The SMILES string of the molecule is Cc1ccc(Cn2cc(CCC(=O)N[C@@H]3CCC[C@H](C)[C@@H]3C)c3ccccc32)cc1. The topological polar surface area (TPSA) is 34.0 Å². The van der Waals surface area contributed by atoms with E-state index >= 15 is 0 Å². The number of aromatic nitrogens is 1. The Balaban J connectivity index is 1.45. The van der Waals surface area contributed by atoms with Crippen molar-refractivity contribution >= 4 is 16.8 Å². The lowest BCUT2D eigenvalue weighted by atomic mass is 9.78. The van der Waals surface area contributed by atoms with Gasteiger partial charge < -0.3 is 9.88 Å². The highest BCUT2D eigenvalue weighted by Gasteiger charge is 2.28. The molecule has 1 amide bonds. The number of carbonyl (C=O) groups excluding carboxylic acids is 1. The van der Waals surface area contributed by atoms with Crippen LogP contribution >= 0.6 is 0 Å². The monoisotopic (exact) mass is 402 g/mol. The fraction of sp³-hybridized carbons (Fsp3) is 0.444. The van der Waals surface area contributed by atoms with E-state index in [-0.39, 0.29) is 5.91 Å². The lowest BCUT2D eigenvalue weighted by Gasteiger charge is -2.34. The molecule has 0 radical (unpaired) electrons. The first kappa shape index (κ1) is 20.7. The molecule has 2 aromatic carbocycles. The first-order valence-electron chi connectivity index (χ1n) is 11.4. The zero-order valence-electron chi connectivity index (χ0n) is 18.5. The number of carbonyl (C=O) groups is 1. The van der Waals surface area contributed by atoms with E-state index < -0.39 is 0 Å². The summed E-state index contributed by atoms with van der Waals surface area (Å²) in [6.07, 6.45) is 7.20. The van der Waals surface area contributed by atoms with Gasteiger partial charge in [0.15, 0.2) is 0 Å². The molecule has 0 saturated heterocycles. The minimum atomic E-state index is 0.191. The summed E-state index contributed by atoms with van der Waals surface area (Å²) in [6.45, 7) is 7.57. The lowest BCUT2D eigenvalue weighted by molar-refractivity contribution is -0.122. The molecule has 1 heterocycles. The second-order valence-corrected chi connectivity index (χ2v) is 9.23. The van der Waals surface area contributed by atoms with E-state index in [1.807, 2.05) is 0 Å². The normalized spacial score (nSPS) is 21.6. The van der Waals surface area contributed by atoms with Gasteiger partial charge in [-0.15, -0.1) is 0 Å². The highest BCUT2D eigenvalue weighted by atomic mass is 16.1. The average molecular weight is 403 g/mol. The van der Waals surface area contributed by atoms with Crippen molar-refractivity contribution in [3.63, 3.8) is 0 Å². The molecule has 0 bridgehead atoms. The van der Waals surface area contributed by atoms with Crippen LogP contribution in [0, 0.1) is 18.8 Å². The molecule has 158 valence electrons. The molecule has 3 atom stereocenters. The van der Waals surface area contributed by atoms with Gasteiger partial charge in [0.05, 0.1) is 0 Å². The summed E-state index contributed by atoms with van der Waals surface area (Å²) in [6, 6.07) is 17.6. The van der Waals surface area contributed by atoms with Crippen LogP contribution in [0.4, 0.5) is 0 Å². The van der Waals surface area contributed by atoms with E-state index in [1.54, 1.807) is 0 Å². The maximum Gasteiger partial charge on any atom is 0.220 e. The van der Waals surface area contributed by atoms with Crippen LogP contribution in [0.15, 0.2) is 54.7 Å². The molecule has 0 unspecified atom stereocenters. The fourth-order valence-electron chi connectivity index (χ4n) is 4.86. The Morgan fingerprint density at radius 2 is 1.83 bits per heavy atom. The third-order valence-electron chi connectivity index (χ3n) is 7.02. The van der Waals surface area contributed by atoms with Gasteiger partial charge in [0.25, 0.3) is 0 Å². The van der Waals surface area contributed by atoms with Gasteiger partial charge in [0.2, 0.25) is 5.91 Å². The summed E-state index contributed by atoms with van der Waals surface area (Å²) in [7, 11) is 0. The molecule has 1 aliphatic rings. The van der Waals surface area contributed by atoms with Gasteiger partial charge in [0.1, 0.15) is 0 Å². The number of para-hydroxylation sites is 1. The number of aryl methyl sites for hydroxylation is 2. The summed E-state index contributed by atoms with van der Waals surface area (Å²) in [5.74, 6) is 1.46. The second-order valence-electron chi connectivity index (χ2n) is 9.23. The van der Waals surface area contributed by atoms with Crippen molar-refractivity contribution in [2.45, 2.75) is 65.5 Å². The summed E-state index contributed by atoms with van der Waals surface area (Å²) in [5, 5.41) is 4.58. The molecule has 3 aromatic rings. The Hall–Kier alpha value is -2.55. The minimum Gasteiger partial charge on any atom is -0.353 e. The molecular weight excluding hydrogens is 368 g/mol. The summed E-state index contributed by atoms with van der Waals surface area (Å²) in [4.78, 5) is 12.7. The van der Waals surface area contributed by atoms with Crippen molar-refractivity contribution in [1.29, 1.82) is 0 Å². The van der Waals surface area contributed by atoms with Gasteiger partial charge in [-0.05, 0) is 48.8 Å². The van der Waals surface area contributed by atoms with E-state index in [0.29, 0.717) is 24.3 Å². The van der Waals surface area contributed by atoms with E-state index in [1.165, 1.54) is 40.4 Å². The molecule has 1 fully saturated rings. The first-order valence-corrected chi connectivity index (χ1v) is 11.4. The number of hydrogen-bond acceptors (Lipinski definition) is 1. The van der Waals surface area contributed by atoms with Gasteiger partial charge >= 0.3 is 0 Å². The summed E-state index contributed by atoms with van der Waals surface area (Å²) < 4.78 is 2.32. The van der Waals surface area contributed by atoms with Crippen LogP contribution in [0.3, 0.4) is 0 Å². The minimum absolute atomic E-state index is 0.191. The number of amides is 1. The average Bonchev–Trinajstić information content (AvgIpc) is 3.09. The van der Waals surface area contributed by atoms with Gasteiger partial charge in [-0.1, -0.05) is 74.7 Å². The van der Waals surface area contributed by atoms with Gasteiger partial charge in [-0.25, -0.2) is 0 Å². The molecular formula is C27H34N2O. The molecule has 0 aliphatic heterocycles. The highest BCUT2D eigenvalue weighted by Crippen LogP contribution is 2.29. The molecule has 1 saturated carbocycles. The number of nitrogens with zero attached hydrogens (tertiary/aromatic N) is 1. The standard InChI is InChI=1S/C27H34N2O/c1-19-11-13-22(14-12-19)17-29-18-23(24-8-4-5-10-26(24)29)15-16-27(30)28-25-9-6-7-20(2)21(25)3/h4-5,8,10-14,18,20-21,25H,6-7,9,15-17H2,1-3H3,(H,28,30)/t20-,21-,25+/m0/s1. The number of rotatable bonds is 6. The predicted molar refractivity (Wildman–Crippen MR) is 125 cm³/mol. The maximum absolute atomic E-state index is 12.7. The van der Waals surface area contributed by atoms with Gasteiger partial charge in [0, 0.05) is 36.1 Å². The molecule has 1 N–H and O–H groups in total.